The third-order valence-electron chi connectivity index (χ3n) is 2.09. The summed E-state index contributed by atoms with van der Waals surface area (Å²) in [5.74, 6) is 0.726. The third-order valence-corrected chi connectivity index (χ3v) is 2.77. The van der Waals surface area contributed by atoms with Gasteiger partial charge < -0.3 is 10.2 Å². The van der Waals surface area contributed by atoms with Gasteiger partial charge in [-0.25, -0.2) is 0 Å². The van der Waals surface area contributed by atoms with Gasteiger partial charge in [0.2, 0.25) is 0 Å². The molecule has 1 atom stereocenters. The summed E-state index contributed by atoms with van der Waals surface area (Å²) in [5, 5.41) is 0.654. The molecular formula is C11H9BrClNO. The van der Waals surface area contributed by atoms with E-state index in [4.69, 9.17) is 21.8 Å². The highest BCUT2D eigenvalue weighted by molar-refractivity contribution is 9.10. The fourth-order valence-electron chi connectivity index (χ4n) is 1.39. The number of nitrogens with two attached hydrogens (primary N) is 1. The standard InChI is InChI=1S/C11H9BrClNO/c12-8-4-7(5-9(13)6-8)11(14)10-2-1-3-15-10/h1-6,11H,14H2. The van der Waals surface area contributed by atoms with E-state index in [1.54, 1.807) is 6.26 Å². The number of hydrogen-bond donors (Lipinski definition) is 1. The van der Waals surface area contributed by atoms with E-state index in [0.29, 0.717) is 5.02 Å². The van der Waals surface area contributed by atoms with Gasteiger partial charge >= 0.3 is 0 Å². The highest BCUT2D eigenvalue weighted by Gasteiger charge is 2.12. The highest BCUT2D eigenvalue weighted by Crippen LogP contribution is 2.26. The van der Waals surface area contributed by atoms with E-state index in [2.05, 4.69) is 15.9 Å². The lowest BCUT2D eigenvalue weighted by molar-refractivity contribution is 0.490. The molecule has 78 valence electrons. The topological polar surface area (TPSA) is 39.2 Å². The molecule has 2 nitrogen and oxygen atoms in total. The maximum Gasteiger partial charge on any atom is 0.124 e. The van der Waals surface area contributed by atoms with Crippen LogP contribution in [0.2, 0.25) is 5.02 Å². The van der Waals surface area contributed by atoms with Crippen LogP contribution < -0.4 is 5.73 Å². The van der Waals surface area contributed by atoms with E-state index in [-0.39, 0.29) is 6.04 Å². The maximum absolute atomic E-state index is 6.03. The summed E-state index contributed by atoms with van der Waals surface area (Å²) < 4.78 is 6.16. The number of furan rings is 1. The van der Waals surface area contributed by atoms with Crippen molar-refractivity contribution in [2.24, 2.45) is 5.73 Å². The van der Waals surface area contributed by atoms with Crippen molar-refractivity contribution in [3.05, 3.63) is 57.4 Å². The summed E-state index contributed by atoms with van der Waals surface area (Å²) in [4.78, 5) is 0. The van der Waals surface area contributed by atoms with Crippen molar-refractivity contribution >= 4 is 27.5 Å². The van der Waals surface area contributed by atoms with Gasteiger partial charge in [-0.2, -0.15) is 0 Å². The van der Waals surface area contributed by atoms with Crippen LogP contribution in [0.15, 0.2) is 45.5 Å². The lowest BCUT2D eigenvalue weighted by atomic mass is 10.1. The molecule has 0 aliphatic heterocycles. The van der Waals surface area contributed by atoms with Crippen molar-refractivity contribution in [3.63, 3.8) is 0 Å². The minimum atomic E-state index is -0.282. The summed E-state index contributed by atoms with van der Waals surface area (Å²) in [5.41, 5.74) is 6.95. The fourth-order valence-corrected chi connectivity index (χ4v) is 2.27. The van der Waals surface area contributed by atoms with E-state index in [1.165, 1.54) is 0 Å². The molecule has 0 saturated carbocycles. The molecule has 2 N–H and O–H groups in total. The summed E-state index contributed by atoms with van der Waals surface area (Å²) >= 11 is 9.31. The molecule has 1 heterocycles. The lowest BCUT2D eigenvalue weighted by Crippen LogP contribution is -2.10. The Balaban J connectivity index is 2.37. The molecule has 1 aromatic heterocycles. The Morgan fingerprint density at radius 3 is 2.73 bits per heavy atom. The molecule has 15 heavy (non-hydrogen) atoms. The van der Waals surface area contributed by atoms with Gasteiger partial charge in [0.15, 0.2) is 0 Å². The van der Waals surface area contributed by atoms with Crippen LogP contribution in [-0.2, 0) is 0 Å². The van der Waals surface area contributed by atoms with Gasteiger partial charge in [0.25, 0.3) is 0 Å². The smallest absolute Gasteiger partial charge is 0.124 e. The Morgan fingerprint density at radius 1 is 1.33 bits per heavy atom. The second-order valence-corrected chi connectivity index (χ2v) is 4.55. The summed E-state index contributed by atoms with van der Waals surface area (Å²) in [6.07, 6.45) is 1.61. The number of halogens is 2. The van der Waals surface area contributed by atoms with Crippen LogP contribution in [0, 0.1) is 0 Å². The van der Waals surface area contributed by atoms with Crippen molar-refractivity contribution in [1.82, 2.24) is 0 Å². The van der Waals surface area contributed by atoms with Gasteiger partial charge in [-0.3, -0.25) is 0 Å². The largest absolute Gasteiger partial charge is 0.467 e. The van der Waals surface area contributed by atoms with Crippen molar-refractivity contribution in [3.8, 4) is 0 Å². The first-order chi connectivity index (χ1) is 7.16. The van der Waals surface area contributed by atoms with Crippen molar-refractivity contribution in [2.45, 2.75) is 6.04 Å². The number of rotatable bonds is 2. The second kappa shape index (κ2) is 4.39. The zero-order valence-corrected chi connectivity index (χ0v) is 10.1. The normalized spacial score (nSPS) is 12.7. The molecule has 4 heteroatoms. The second-order valence-electron chi connectivity index (χ2n) is 3.20. The van der Waals surface area contributed by atoms with Crippen molar-refractivity contribution < 1.29 is 4.42 Å². The zero-order chi connectivity index (χ0) is 10.8. The molecule has 0 aliphatic carbocycles. The number of hydrogen-bond acceptors (Lipinski definition) is 2. The molecule has 0 saturated heterocycles. The van der Waals surface area contributed by atoms with Crippen LogP contribution in [0.1, 0.15) is 17.4 Å². The van der Waals surface area contributed by atoms with Gasteiger partial charge in [-0.05, 0) is 35.9 Å². The van der Waals surface area contributed by atoms with E-state index < -0.39 is 0 Å². The maximum atomic E-state index is 6.03. The van der Waals surface area contributed by atoms with Crippen LogP contribution in [0.25, 0.3) is 0 Å². The molecule has 0 aliphatic rings. The van der Waals surface area contributed by atoms with E-state index in [1.807, 2.05) is 30.3 Å². The summed E-state index contributed by atoms with van der Waals surface area (Å²) in [6.45, 7) is 0. The van der Waals surface area contributed by atoms with Gasteiger partial charge in [-0.15, -0.1) is 0 Å². The average molecular weight is 287 g/mol. The predicted molar refractivity (Wildman–Crippen MR) is 63.9 cm³/mol. The Labute approximate surface area is 101 Å². The molecule has 2 rings (SSSR count). The van der Waals surface area contributed by atoms with Gasteiger partial charge in [-0.1, -0.05) is 27.5 Å². The molecule has 0 fully saturated rings. The Hall–Kier alpha value is -0.770. The Kier molecular flexibility index (Phi) is 3.14. The summed E-state index contributed by atoms with van der Waals surface area (Å²) in [6, 6.07) is 8.96. The summed E-state index contributed by atoms with van der Waals surface area (Å²) in [7, 11) is 0. The molecule has 1 aromatic carbocycles. The molecule has 0 bridgehead atoms. The number of benzene rings is 1. The van der Waals surface area contributed by atoms with Crippen LogP contribution in [0.4, 0.5) is 0 Å². The SMILES string of the molecule is NC(c1cc(Cl)cc(Br)c1)c1ccco1. The molecule has 0 radical (unpaired) electrons. The first-order valence-electron chi connectivity index (χ1n) is 4.42. The molecule has 2 aromatic rings. The third kappa shape index (κ3) is 2.43. The van der Waals surface area contributed by atoms with E-state index in [9.17, 15) is 0 Å². The van der Waals surface area contributed by atoms with Crippen LogP contribution in [0.5, 0.6) is 0 Å². The van der Waals surface area contributed by atoms with Crippen LogP contribution >= 0.6 is 27.5 Å². The molecule has 0 amide bonds. The monoisotopic (exact) mass is 285 g/mol. The Bertz CT molecular complexity index is 435. The van der Waals surface area contributed by atoms with Crippen molar-refractivity contribution in [2.75, 3.05) is 0 Å². The minimum absolute atomic E-state index is 0.282. The van der Waals surface area contributed by atoms with Gasteiger partial charge in [0, 0.05) is 9.50 Å². The lowest BCUT2D eigenvalue weighted by Gasteiger charge is -2.10. The quantitative estimate of drug-likeness (QED) is 0.913. The fraction of sp³-hybridized carbons (Fsp3) is 0.0909. The van der Waals surface area contributed by atoms with E-state index in [0.717, 1.165) is 15.8 Å². The van der Waals surface area contributed by atoms with Gasteiger partial charge in [0.1, 0.15) is 5.76 Å². The minimum Gasteiger partial charge on any atom is -0.467 e. The predicted octanol–water partition coefficient (Wildman–Crippen LogP) is 3.74. The van der Waals surface area contributed by atoms with Crippen LogP contribution in [-0.4, -0.2) is 0 Å². The zero-order valence-electron chi connectivity index (χ0n) is 7.78. The van der Waals surface area contributed by atoms with Crippen molar-refractivity contribution in [1.29, 1.82) is 0 Å². The van der Waals surface area contributed by atoms with Gasteiger partial charge in [0.05, 0.1) is 12.3 Å². The van der Waals surface area contributed by atoms with E-state index >= 15 is 0 Å². The molecular weight excluding hydrogens is 277 g/mol. The first-order valence-corrected chi connectivity index (χ1v) is 5.59. The van der Waals surface area contributed by atoms with Crippen LogP contribution in [0.3, 0.4) is 0 Å². The first kappa shape index (κ1) is 10.7. The Morgan fingerprint density at radius 2 is 2.13 bits per heavy atom. The molecule has 1 unspecified atom stereocenters. The highest BCUT2D eigenvalue weighted by atomic mass is 79.9. The average Bonchev–Trinajstić information content (AvgIpc) is 2.67. The molecule has 0 spiro atoms.